The van der Waals surface area contributed by atoms with Crippen molar-refractivity contribution in [2.75, 3.05) is 0 Å². The molecule has 0 radical (unpaired) electrons. The molecule has 0 saturated heterocycles. The minimum atomic E-state index is -0.642. The second kappa shape index (κ2) is 6.26. The third-order valence-corrected chi connectivity index (χ3v) is 4.03. The summed E-state index contributed by atoms with van der Waals surface area (Å²) in [5.41, 5.74) is 6.68. The van der Waals surface area contributed by atoms with Gasteiger partial charge in [-0.25, -0.2) is 0 Å². The Morgan fingerprint density at radius 1 is 1.13 bits per heavy atom. The van der Waals surface area contributed by atoms with E-state index in [1.54, 1.807) is 10.8 Å². The molecular formula is C18H16ClN3O. The first-order valence-electron chi connectivity index (χ1n) is 7.26. The Balaban J connectivity index is 1.87. The molecule has 2 aromatic carbocycles. The molecule has 23 heavy (non-hydrogen) atoms. The Hall–Kier alpha value is -2.59. The predicted molar refractivity (Wildman–Crippen MR) is 91.5 cm³/mol. The van der Waals surface area contributed by atoms with Crippen LogP contribution in [0.15, 0.2) is 54.7 Å². The highest BCUT2D eigenvalue weighted by Crippen LogP contribution is 2.16. The molecular weight excluding hydrogens is 310 g/mol. The predicted octanol–water partition coefficient (Wildman–Crippen LogP) is 3.12. The molecule has 0 atom stereocenters. The van der Waals surface area contributed by atoms with Crippen LogP contribution >= 0.6 is 11.6 Å². The second-order valence-corrected chi connectivity index (χ2v) is 5.85. The van der Waals surface area contributed by atoms with E-state index in [4.69, 9.17) is 22.7 Å². The molecule has 116 valence electrons. The van der Waals surface area contributed by atoms with Gasteiger partial charge in [-0.1, -0.05) is 54.1 Å². The van der Waals surface area contributed by atoms with Crippen molar-refractivity contribution in [1.29, 1.82) is 5.41 Å². The normalized spacial score (nSPS) is 10.8. The van der Waals surface area contributed by atoms with Crippen molar-refractivity contribution in [3.8, 4) is 0 Å². The van der Waals surface area contributed by atoms with Crippen molar-refractivity contribution in [2.45, 2.75) is 13.0 Å². The van der Waals surface area contributed by atoms with E-state index < -0.39 is 5.91 Å². The first-order valence-corrected chi connectivity index (χ1v) is 7.64. The molecule has 3 rings (SSSR count). The van der Waals surface area contributed by atoms with Crippen LogP contribution in [0.2, 0.25) is 5.02 Å². The summed E-state index contributed by atoms with van der Waals surface area (Å²) in [6, 6.07) is 15.9. The molecule has 1 amide bonds. The summed E-state index contributed by atoms with van der Waals surface area (Å²) in [5.74, 6) is -0.642. The number of pyridine rings is 1. The van der Waals surface area contributed by atoms with Gasteiger partial charge in [0, 0.05) is 12.7 Å². The molecule has 0 spiro atoms. The number of aryl methyl sites for hydroxylation is 2. The van der Waals surface area contributed by atoms with Crippen LogP contribution in [0.4, 0.5) is 0 Å². The number of hydrogen-bond donors (Lipinski definition) is 2. The lowest BCUT2D eigenvalue weighted by molar-refractivity contribution is 0.0997. The van der Waals surface area contributed by atoms with Gasteiger partial charge in [0.1, 0.15) is 5.49 Å². The topological polar surface area (TPSA) is 71.9 Å². The first-order chi connectivity index (χ1) is 11.0. The summed E-state index contributed by atoms with van der Waals surface area (Å²) in [4.78, 5) is 11.4. The lowest BCUT2D eigenvalue weighted by Gasteiger charge is -2.10. The third-order valence-electron chi connectivity index (χ3n) is 3.82. The van der Waals surface area contributed by atoms with Crippen LogP contribution in [0.25, 0.3) is 10.8 Å². The van der Waals surface area contributed by atoms with E-state index in [2.05, 4.69) is 30.3 Å². The number of hydrogen-bond acceptors (Lipinski definition) is 2. The van der Waals surface area contributed by atoms with Gasteiger partial charge in [-0.3, -0.25) is 10.2 Å². The second-order valence-electron chi connectivity index (χ2n) is 5.41. The highest BCUT2D eigenvalue weighted by atomic mass is 35.5. The van der Waals surface area contributed by atoms with Gasteiger partial charge >= 0.3 is 0 Å². The van der Waals surface area contributed by atoms with Crippen LogP contribution in [0.3, 0.4) is 0 Å². The minimum absolute atomic E-state index is 0.0858. The van der Waals surface area contributed by atoms with Gasteiger partial charge in [0.25, 0.3) is 5.91 Å². The summed E-state index contributed by atoms with van der Waals surface area (Å²) in [5, 5.41) is 10.9. The van der Waals surface area contributed by atoms with Crippen LogP contribution < -0.4 is 11.2 Å². The number of rotatable bonds is 4. The van der Waals surface area contributed by atoms with Crippen molar-refractivity contribution >= 4 is 28.3 Å². The maximum absolute atomic E-state index is 11.4. The molecule has 3 N–H and O–H groups in total. The van der Waals surface area contributed by atoms with Crippen LogP contribution in [0.1, 0.15) is 15.9 Å². The van der Waals surface area contributed by atoms with Crippen LogP contribution in [-0.4, -0.2) is 10.5 Å². The number of benzene rings is 2. The number of fused-ring (bicyclic) bond motifs is 1. The average molecular weight is 326 g/mol. The van der Waals surface area contributed by atoms with Crippen molar-refractivity contribution in [1.82, 2.24) is 4.57 Å². The standard InChI is InChI=1S/C18H16ClN3O/c19-15-10-16(18(21)23)17(20)22(11-15)8-7-12-5-6-13-3-1-2-4-14(13)9-12/h1-6,9-11,20H,7-8H2,(H2,21,23). The average Bonchev–Trinajstić information content (AvgIpc) is 2.55. The summed E-state index contributed by atoms with van der Waals surface area (Å²) in [7, 11) is 0. The maximum Gasteiger partial charge on any atom is 0.252 e. The molecule has 4 nitrogen and oxygen atoms in total. The number of amides is 1. The fourth-order valence-electron chi connectivity index (χ4n) is 2.62. The Kier molecular flexibility index (Phi) is 4.17. The quantitative estimate of drug-likeness (QED) is 0.760. The number of nitrogens with one attached hydrogen (secondary N) is 1. The number of carbonyl (C=O) groups is 1. The minimum Gasteiger partial charge on any atom is -0.365 e. The zero-order valence-corrected chi connectivity index (χ0v) is 13.2. The van der Waals surface area contributed by atoms with Crippen LogP contribution in [0, 0.1) is 5.41 Å². The van der Waals surface area contributed by atoms with Crippen molar-refractivity contribution in [3.05, 3.63) is 76.4 Å². The van der Waals surface area contributed by atoms with E-state index in [-0.39, 0.29) is 11.1 Å². The first kappa shape index (κ1) is 15.3. The van der Waals surface area contributed by atoms with E-state index in [1.165, 1.54) is 16.8 Å². The number of halogens is 1. The largest absolute Gasteiger partial charge is 0.365 e. The maximum atomic E-state index is 11.4. The zero-order valence-electron chi connectivity index (χ0n) is 12.4. The third kappa shape index (κ3) is 3.27. The number of carbonyl (C=O) groups excluding carboxylic acids is 1. The lowest BCUT2D eigenvalue weighted by atomic mass is 10.1. The van der Waals surface area contributed by atoms with Crippen molar-refractivity contribution in [3.63, 3.8) is 0 Å². The van der Waals surface area contributed by atoms with E-state index in [1.807, 2.05) is 12.1 Å². The summed E-state index contributed by atoms with van der Waals surface area (Å²) in [6.45, 7) is 0.554. The number of primary amides is 1. The number of aromatic nitrogens is 1. The van der Waals surface area contributed by atoms with Crippen molar-refractivity contribution in [2.24, 2.45) is 5.73 Å². The van der Waals surface area contributed by atoms with Gasteiger partial charge in [0.05, 0.1) is 10.6 Å². The smallest absolute Gasteiger partial charge is 0.252 e. The molecule has 0 bridgehead atoms. The molecule has 0 aliphatic carbocycles. The van der Waals surface area contributed by atoms with E-state index in [0.29, 0.717) is 11.6 Å². The number of nitrogens with zero attached hydrogens (tertiary/aromatic N) is 1. The summed E-state index contributed by atoms with van der Waals surface area (Å²) >= 11 is 6.01. The molecule has 3 aromatic rings. The molecule has 5 heteroatoms. The Morgan fingerprint density at radius 3 is 2.61 bits per heavy atom. The fourth-order valence-corrected chi connectivity index (χ4v) is 2.85. The highest BCUT2D eigenvalue weighted by molar-refractivity contribution is 6.30. The Morgan fingerprint density at radius 2 is 1.87 bits per heavy atom. The van der Waals surface area contributed by atoms with Gasteiger partial charge in [0.15, 0.2) is 0 Å². The van der Waals surface area contributed by atoms with Crippen molar-refractivity contribution < 1.29 is 4.79 Å². The Labute approximate surface area is 138 Å². The van der Waals surface area contributed by atoms with E-state index in [0.717, 1.165) is 12.0 Å². The Bertz CT molecular complexity index is 946. The van der Waals surface area contributed by atoms with Gasteiger partial charge in [-0.05, 0) is 28.8 Å². The van der Waals surface area contributed by atoms with Gasteiger partial charge in [-0.15, -0.1) is 0 Å². The lowest BCUT2D eigenvalue weighted by Crippen LogP contribution is -2.30. The van der Waals surface area contributed by atoms with Gasteiger partial charge < -0.3 is 10.3 Å². The summed E-state index contributed by atoms with van der Waals surface area (Å²) in [6.07, 6.45) is 2.39. The molecule has 1 heterocycles. The zero-order chi connectivity index (χ0) is 16.4. The van der Waals surface area contributed by atoms with E-state index in [9.17, 15) is 4.79 Å². The van der Waals surface area contributed by atoms with E-state index >= 15 is 0 Å². The molecule has 0 fully saturated rings. The summed E-state index contributed by atoms with van der Waals surface area (Å²) < 4.78 is 1.65. The highest BCUT2D eigenvalue weighted by Gasteiger charge is 2.08. The van der Waals surface area contributed by atoms with Crippen LogP contribution in [-0.2, 0) is 13.0 Å². The SMILES string of the molecule is N=c1c(C(N)=O)cc(Cl)cn1CCc1ccc2ccccc2c1. The number of nitrogens with two attached hydrogens (primary N) is 1. The van der Waals surface area contributed by atoms with Gasteiger partial charge in [-0.2, -0.15) is 0 Å². The molecule has 0 saturated carbocycles. The molecule has 0 unspecified atom stereocenters. The van der Waals surface area contributed by atoms with Crippen LogP contribution in [0.5, 0.6) is 0 Å². The molecule has 0 aliphatic heterocycles. The molecule has 1 aromatic heterocycles. The van der Waals surface area contributed by atoms with Gasteiger partial charge in [0.2, 0.25) is 0 Å². The molecule has 0 aliphatic rings. The monoisotopic (exact) mass is 325 g/mol. The fraction of sp³-hybridized carbons (Fsp3) is 0.111.